The van der Waals surface area contributed by atoms with Crippen LogP contribution >= 0.6 is 23.4 Å². The van der Waals surface area contributed by atoms with Gasteiger partial charge >= 0.3 is 0 Å². The van der Waals surface area contributed by atoms with E-state index in [0.29, 0.717) is 22.1 Å². The van der Waals surface area contributed by atoms with E-state index in [1.165, 1.54) is 24.8 Å². The van der Waals surface area contributed by atoms with E-state index in [-0.39, 0.29) is 40.8 Å². The number of fused-ring (bicyclic) bond motifs is 2. The summed E-state index contributed by atoms with van der Waals surface area (Å²) in [6, 6.07) is 6.10. The van der Waals surface area contributed by atoms with E-state index in [1.54, 1.807) is 12.1 Å². The molecule has 4 atom stereocenters. The molecule has 10 heteroatoms. The summed E-state index contributed by atoms with van der Waals surface area (Å²) in [6.07, 6.45) is 3.27. The van der Waals surface area contributed by atoms with Crippen LogP contribution in [0.3, 0.4) is 0 Å². The second kappa shape index (κ2) is 9.79. The summed E-state index contributed by atoms with van der Waals surface area (Å²) in [6.45, 7) is 1.68. The van der Waals surface area contributed by atoms with Gasteiger partial charge in [0.2, 0.25) is 5.91 Å². The monoisotopic (exact) mass is 512 g/mol. The standard InChI is InChI=1S/C24H24ClF3N2O3S/c1-12(31)29-11-24(33)14-3-4-15(24)8-17(7-14)34-21-6-13(2-5-18(21)25)23(32)30-16-9-19(26)22(28)20(27)10-16/h2,5-6,9-10,14-15,17,33H,3-4,7-8,11H2,1H3,(H,29,31)(H,30,32)/t14-,15?,17-,24-/m0/s1. The van der Waals surface area contributed by atoms with E-state index in [4.69, 9.17) is 11.6 Å². The van der Waals surface area contributed by atoms with Gasteiger partial charge < -0.3 is 15.7 Å². The summed E-state index contributed by atoms with van der Waals surface area (Å²) >= 11 is 7.91. The van der Waals surface area contributed by atoms with E-state index >= 15 is 0 Å². The predicted octanol–water partition coefficient (Wildman–Crippen LogP) is 5.16. The molecule has 34 heavy (non-hydrogen) atoms. The van der Waals surface area contributed by atoms with Crippen molar-refractivity contribution in [2.45, 2.75) is 48.4 Å². The number of aliphatic hydroxyl groups is 1. The summed E-state index contributed by atoms with van der Waals surface area (Å²) in [5.41, 5.74) is -0.876. The molecule has 0 spiro atoms. The van der Waals surface area contributed by atoms with Crippen LogP contribution in [0.2, 0.25) is 5.02 Å². The fourth-order valence-electron chi connectivity index (χ4n) is 5.01. The van der Waals surface area contributed by atoms with Crippen molar-refractivity contribution < 1.29 is 27.9 Å². The van der Waals surface area contributed by atoms with Crippen molar-refractivity contribution in [3.63, 3.8) is 0 Å². The van der Waals surface area contributed by atoms with Crippen LogP contribution in [0.15, 0.2) is 35.2 Å². The SMILES string of the molecule is CC(=O)NC[C@@]1(O)C2CC[C@H]1C[C@H](Sc1cc(C(=O)Nc3cc(F)c(F)c(F)c3)ccc1Cl)C2. The van der Waals surface area contributed by atoms with E-state index in [9.17, 15) is 27.9 Å². The number of hydrogen-bond donors (Lipinski definition) is 3. The minimum absolute atomic E-state index is 0.0594. The van der Waals surface area contributed by atoms with Crippen molar-refractivity contribution in [1.29, 1.82) is 0 Å². The van der Waals surface area contributed by atoms with Crippen molar-refractivity contribution in [3.8, 4) is 0 Å². The highest BCUT2D eigenvalue weighted by molar-refractivity contribution is 8.00. The average Bonchev–Trinajstić information content (AvgIpc) is 2.94. The smallest absolute Gasteiger partial charge is 0.255 e. The van der Waals surface area contributed by atoms with Gasteiger partial charge in [-0.3, -0.25) is 9.59 Å². The van der Waals surface area contributed by atoms with Gasteiger partial charge in [-0.25, -0.2) is 13.2 Å². The van der Waals surface area contributed by atoms with Gasteiger partial charge in [0.25, 0.3) is 5.91 Å². The first kappa shape index (κ1) is 24.9. The Bertz CT molecular complexity index is 1100. The molecule has 5 nitrogen and oxygen atoms in total. The Balaban J connectivity index is 1.45. The average molecular weight is 513 g/mol. The minimum atomic E-state index is -1.60. The topological polar surface area (TPSA) is 78.4 Å². The third-order valence-electron chi connectivity index (χ3n) is 6.72. The zero-order valence-corrected chi connectivity index (χ0v) is 19.9. The molecule has 2 aliphatic carbocycles. The largest absolute Gasteiger partial charge is 0.387 e. The van der Waals surface area contributed by atoms with Gasteiger partial charge in [0.15, 0.2) is 17.5 Å². The lowest BCUT2D eigenvalue weighted by molar-refractivity contribution is -0.122. The van der Waals surface area contributed by atoms with Crippen LogP contribution in [-0.2, 0) is 4.79 Å². The number of halogens is 4. The number of amides is 2. The molecule has 2 aliphatic rings. The highest BCUT2D eigenvalue weighted by Crippen LogP contribution is 2.53. The van der Waals surface area contributed by atoms with Crippen LogP contribution in [0.4, 0.5) is 18.9 Å². The van der Waals surface area contributed by atoms with E-state index in [0.717, 1.165) is 25.7 Å². The molecule has 2 aromatic carbocycles. The fraction of sp³-hybridized carbons (Fsp3) is 0.417. The first-order chi connectivity index (χ1) is 16.1. The Morgan fingerprint density at radius 3 is 2.32 bits per heavy atom. The third kappa shape index (κ3) is 5.06. The molecule has 0 aromatic heterocycles. The maximum absolute atomic E-state index is 13.5. The second-order valence-corrected chi connectivity index (χ2v) is 10.7. The molecule has 182 valence electrons. The van der Waals surface area contributed by atoms with Crippen molar-refractivity contribution in [2.75, 3.05) is 11.9 Å². The molecule has 4 rings (SSSR count). The van der Waals surface area contributed by atoms with Gasteiger partial charge in [0.05, 0.1) is 10.6 Å². The van der Waals surface area contributed by atoms with E-state index in [2.05, 4.69) is 10.6 Å². The van der Waals surface area contributed by atoms with Crippen LogP contribution in [0.5, 0.6) is 0 Å². The molecule has 2 bridgehead atoms. The lowest BCUT2D eigenvalue weighted by atomic mass is 9.74. The summed E-state index contributed by atoms with van der Waals surface area (Å²) in [5.74, 6) is -5.06. The molecule has 2 amide bonds. The number of thioether (sulfide) groups is 1. The van der Waals surface area contributed by atoms with Gasteiger partial charge in [-0.1, -0.05) is 11.6 Å². The summed E-state index contributed by atoms with van der Waals surface area (Å²) < 4.78 is 40.1. The zero-order chi connectivity index (χ0) is 24.6. The van der Waals surface area contributed by atoms with E-state index < -0.39 is 29.0 Å². The van der Waals surface area contributed by atoms with Gasteiger partial charge in [-0.15, -0.1) is 11.8 Å². The molecule has 0 aliphatic heterocycles. The number of carbonyl (C=O) groups excluding carboxylic acids is 2. The summed E-state index contributed by atoms with van der Waals surface area (Å²) in [7, 11) is 0. The number of anilines is 1. The number of carbonyl (C=O) groups is 2. The summed E-state index contributed by atoms with van der Waals surface area (Å²) in [4.78, 5) is 24.6. The number of nitrogens with one attached hydrogen (secondary N) is 2. The molecule has 0 saturated heterocycles. The quantitative estimate of drug-likeness (QED) is 0.467. The van der Waals surface area contributed by atoms with Gasteiger partial charge in [0, 0.05) is 47.0 Å². The third-order valence-corrected chi connectivity index (χ3v) is 8.47. The zero-order valence-electron chi connectivity index (χ0n) is 18.3. The summed E-state index contributed by atoms with van der Waals surface area (Å²) in [5, 5.41) is 16.9. The van der Waals surface area contributed by atoms with Crippen LogP contribution in [0.1, 0.15) is 43.0 Å². The fourth-order valence-corrected chi connectivity index (χ4v) is 6.65. The van der Waals surface area contributed by atoms with E-state index in [1.807, 2.05) is 0 Å². The maximum atomic E-state index is 13.5. The molecule has 1 unspecified atom stereocenters. The van der Waals surface area contributed by atoms with Crippen LogP contribution < -0.4 is 10.6 Å². The Morgan fingerprint density at radius 1 is 1.12 bits per heavy atom. The molecular weight excluding hydrogens is 489 g/mol. The van der Waals surface area contributed by atoms with Gasteiger partial charge in [0.1, 0.15) is 0 Å². The van der Waals surface area contributed by atoms with Crippen LogP contribution in [-0.4, -0.2) is 34.3 Å². The van der Waals surface area contributed by atoms with Gasteiger partial charge in [-0.2, -0.15) is 0 Å². The van der Waals surface area contributed by atoms with Crippen molar-refractivity contribution in [1.82, 2.24) is 5.32 Å². The second-order valence-electron chi connectivity index (χ2n) is 8.94. The molecule has 2 aromatic rings. The van der Waals surface area contributed by atoms with Crippen molar-refractivity contribution >= 4 is 40.9 Å². The minimum Gasteiger partial charge on any atom is -0.387 e. The lowest BCUT2D eigenvalue weighted by Crippen LogP contribution is -2.53. The molecular formula is C24H24ClF3N2O3S. The first-order valence-electron chi connectivity index (χ1n) is 11.0. The predicted molar refractivity (Wildman–Crippen MR) is 124 cm³/mol. The molecule has 0 radical (unpaired) electrons. The number of rotatable bonds is 6. The Labute approximate surface area is 204 Å². The molecule has 2 fully saturated rings. The molecule has 3 N–H and O–H groups in total. The Kier molecular flexibility index (Phi) is 7.17. The van der Waals surface area contributed by atoms with Crippen LogP contribution in [0, 0.1) is 29.3 Å². The Hall–Kier alpha value is -2.23. The normalized spacial score (nSPS) is 25.8. The highest BCUT2D eigenvalue weighted by atomic mass is 35.5. The van der Waals surface area contributed by atoms with Crippen LogP contribution in [0.25, 0.3) is 0 Å². The number of benzene rings is 2. The highest BCUT2D eigenvalue weighted by Gasteiger charge is 2.53. The number of hydrogen-bond acceptors (Lipinski definition) is 4. The molecule has 0 heterocycles. The van der Waals surface area contributed by atoms with Crippen molar-refractivity contribution in [3.05, 3.63) is 58.4 Å². The first-order valence-corrected chi connectivity index (χ1v) is 12.2. The lowest BCUT2D eigenvalue weighted by Gasteiger charge is -2.42. The molecule has 2 saturated carbocycles. The van der Waals surface area contributed by atoms with Gasteiger partial charge in [-0.05, 0) is 55.7 Å². The Morgan fingerprint density at radius 2 is 1.74 bits per heavy atom. The van der Waals surface area contributed by atoms with Crippen molar-refractivity contribution in [2.24, 2.45) is 11.8 Å². The maximum Gasteiger partial charge on any atom is 0.255 e.